The van der Waals surface area contributed by atoms with Crippen molar-refractivity contribution in [3.8, 4) is 0 Å². The maximum Gasteiger partial charge on any atom is 0.291 e. The fourth-order valence-corrected chi connectivity index (χ4v) is 2.78. The molecule has 84 valence electrons. The Balaban J connectivity index is 2.28. The fraction of sp³-hybridized carbons (Fsp3) is 0. The summed E-state index contributed by atoms with van der Waals surface area (Å²) in [6.45, 7) is 0. The second kappa shape index (κ2) is 4.02. The Morgan fingerprint density at radius 3 is 2.75 bits per heavy atom. The Kier molecular flexibility index (Phi) is 2.71. The molecule has 0 aromatic carbocycles. The van der Waals surface area contributed by atoms with E-state index >= 15 is 0 Å². The van der Waals surface area contributed by atoms with Gasteiger partial charge in [0.15, 0.2) is 0 Å². The number of nitrogen functional groups attached to an aromatic ring is 1. The number of hydrogen-bond donors (Lipinski definition) is 2. The van der Waals surface area contributed by atoms with Gasteiger partial charge in [-0.15, -0.1) is 10.2 Å². The van der Waals surface area contributed by atoms with Crippen molar-refractivity contribution in [3.05, 3.63) is 24.5 Å². The van der Waals surface area contributed by atoms with Gasteiger partial charge in [-0.05, 0) is 12.1 Å². The molecule has 0 saturated heterocycles. The lowest BCUT2D eigenvalue weighted by Crippen LogP contribution is -2.12. The molecule has 0 radical (unpaired) electrons. The number of hydrogen-bond acceptors (Lipinski definition) is 7. The van der Waals surface area contributed by atoms with E-state index in [4.69, 9.17) is 5.73 Å². The van der Waals surface area contributed by atoms with E-state index in [0.29, 0.717) is 5.69 Å². The van der Waals surface area contributed by atoms with Gasteiger partial charge in [0.05, 0.1) is 11.9 Å². The Bertz CT molecular complexity index is 580. The highest BCUT2D eigenvalue weighted by Crippen LogP contribution is 2.19. The van der Waals surface area contributed by atoms with Crippen LogP contribution in [-0.2, 0) is 10.0 Å². The third kappa shape index (κ3) is 2.25. The molecule has 2 aromatic heterocycles. The first-order valence-corrected chi connectivity index (χ1v) is 6.40. The number of sulfonamides is 1. The molecule has 9 heteroatoms. The van der Waals surface area contributed by atoms with Gasteiger partial charge in [-0.2, -0.15) is 8.42 Å². The van der Waals surface area contributed by atoms with E-state index in [2.05, 4.69) is 19.9 Å². The van der Waals surface area contributed by atoms with E-state index in [-0.39, 0.29) is 9.47 Å². The van der Waals surface area contributed by atoms with E-state index in [9.17, 15) is 8.42 Å². The summed E-state index contributed by atoms with van der Waals surface area (Å²) in [5.74, 6) is 0. The third-order valence-corrected chi connectivity index (χ3v) is 4.07. The van der Waals surface area contributed by atoms with Crippen LogP contribution in [0.4, 0.5) is 10.8 Å². The first-order chi connectivity index (χ1) is 7.58. The minimum absolute atomic E-state index is 0.103. The predicted molar refractivity (Wildman–Crippen MR) is 59.4 cm³/mol. The summed E-state index contributed by atoms with van der Waals surface area (Å²) < 4.78 is 25.6. The highest BCUT2D eigenvalue weighted by molar-refractivity contribution is 7.94. The van der Waals surface area contributed by atoms with Gasteiger partial charge in [-0.3, -0.25) is 9.71 Å². The molecular formula is C7H7N5O2S2. The lowest BCUT2D eigenvalue weighted by molar-refractivity contribution is 0.599. The van der Waals surface area contributed by atoms with Gasteiger partial charge in [0.2, 0.25) is 5.13 Å². The number of rotatable bonds is 3. The van der Waals surface area contributed by atoms with Crippen LogP contribution in [0.15, 0.2) is 28.9 Å². The maximum atomic E-state index is 11.7. The second-order valence-corrected chi connectivity index (χ2v) is 5.62. The number of pyridine rings is 1. The van der Waals surface area contributed by atoms with Crippen molar-refractivity contribution < 1.29 is 8.42 Å². The topological polar surface area (TPSA) is 111 Å². The molecule has 0 aliphatic heterocycles. The second-order valence-electron chi connectivity index (χ2n) is 2.75. The summed E-state index contributed by atoms with van der Waals surface area (Å²) >= 11 is 0.799. The van der Waals surface area contributed by atoms with Crippen molar-refractivity contribution in [2.24, 2.45) is 0 Å². The molecule has 0 amide bonds. The zero-order chi connectivity index (χ0) is 11.6. The molecule has 2 aromatic rings. The van der Waals surface area contributed by atoms with Crippen molar-refractivity contribution in [2.75, 3.05) is 10.5 Å². The molecule has 0 aliphatic carbocycles. The molecule has 0 bridgehead atoms. The van der Waals surface area contributed by atoms with E-state index < -0.39 is 10.0 Å². The van der Waals surface area contributed by atoms with Crippen LogP contribution in [0.5, 0.6) is 0 Å². The molecule has 0 saturated carbocycles. The normalized spacial score (nSPS) is 11.2. The quantitative estimate of drug-likeness (QED) is 0.819. The van der Waals surface area contributed by atoms with E-state index in [1.807, 2.05) is 0 Å². The smallest absolute Gasteiger partial charge is 0.291 e. The maximum absolute atomic E-state index is 11.7. The first kappa shape index (κ1) is 10.8. The van der Waals surface area contributed by atoms with Crippen LogP contribution < -0.4 is 10.5 Å². The monoisotopic (exact) mass is 257 g/mol. The molecule has 0 atom stereocenters. The Morgan fingerprint density at radius 1 is 1.38 bits per heavy atom. The van der Waals surface area contributed by atoms with E-state index in [0.717, 1.165) is 11.3 Å². The van der Waals surface area contributed by atoms with Crippen molar-refractivity contribution >= 4 is 32.2 Å². The Labute approximate surface area is 95.4 Å². The van der Waals surface area contributed by atoms with Crippen molar-refractivity contribution in [1.29, 1.82) is 0 Å². The van der Waals surface area contributed by atoms with Crippen molar-refractivity contribution in [2.45, 2.75) is 4.34 Å². The predicted octanol–water partition coefficient (Wildman–Crippen LogP) is 0.316. The first-order valence-electron chi connectivity index (χ1n) is 4.10. The summed E-state index contributed by atoms with van der Waals surface area (Å²) in [6.07, 6.45) is 2.93. The molecule has 0 aliphatic rings. The lowest BCUT2D eigenvalue weighted by Gasteiger charge is -2.02. The Morgan fingerprint density at radius 2 is 2.19 bits per heavy atom. The van der Waals surface area contributed by atoms with Crippen molar-refractivity contribution in [1.82, 2.24) is 15.2 Å². The minimum atomic E-state index is -3.72. The molecule has 3 N–H and O–H groups in total. The van der Waals surface area contributed by atoms with Gasteiger partial charge in [-0.25, -0.2) is 0 Å². The van der Waals surface area contributed by atoms with Crippen LogP contribution in [0, 0.1) is 0 Å². The van der Waals surface area contributed by atoms with E-state index in [1.165, 1.54) is 6.20 Å². The standard InChI is InChI=1S/C7H7N5O2S2/c8-6-10-11-7(15-6)16(13,14)12-5-2-1-3-9-4-5/h1-4,12H,(H2,8,10). The molecular weight excluding hydrogens is 250 g/mol. The summed E-state index contributed by atoms with van der Waals surface area (Å²) in [4.78, 5) is 3.78. The zero-order valence-electron chi connectivity index (χ0n) is 7.86. The van der Waals surface area contributed by atoms with Gasteiger partial charge in [-0.1, -0.05) is 11.3 Å². The molecule has 0 fully saturated rings. The van der Waals surface area contributed by atoms with Crippen LogP contribution in [0.2, 0.25) is 0 Å². The number of nitrogens with zero attached hydrogens (tertiary/aromatic N) is 3. The van der Waals surface area contributed by atoms with Gasteiger partial charge in [0.1, 0.15) is 0 Å². The zero-order valence-corrected chi connectivity index (χ0v) is 9.49. The van der Waals surface area contributed by atoms with Crippen LogP contribution in [-0.4, -0.2) is 23.6 Å². The summed E-state index contributed by atoms with van der Waals surface area (Å²) in [6, 6.07) is 3.20. The summed E-state index contributed by atoms with van der Waals surface area (Å²) in [5.41, 5.74) is 5.67. The van der Waals surface area contributed by atoms with Crippen LogP contribution in [0.1, 0.15) is 0 Å². The summed E-state index contributed by atoms with van der Waals surface area (Å²) in [7, 11) is -3.72. The molecule has 2 heterocycles. The van der Waals surface area contributed by atoms with Gasteiger partial charge in [0.25, 0.3) is 14.4 Å². The Hall–Kier alpha value is -1.74. The van der Waals surface area contributed by atoms with Crippen LogP contribution in [0.25, 0.3) is 0 Å². The van der Waals surface area contributed by atoms with Gasteiger partial charge < -0.3 is 5.73 Å². The molecule has 0 spiro atoms. The van der Waals surface area contributed by atoms with Gasteiger partial charge >= 0.3 is 0 Å². The molecule has 16 heavy (non-hydrogen) atoms. The largest absolute Gasteiger partial charge is 0.374 e. The summed E-state index contributed by atoms with van der Waals surface area (Å²) in [5, 5.41) is 7.00. The SMILES string of the molecule is Nc1nnc(S(=O)(=O)Nc2cccnc2)s1. The van der Waals surface area contributed by atoms with Crippen LogP contribution in [0.3, 0.4) is 0 Å². The number of anilines is 2. The highest BCUT2D eigenvalue weighted by atomic mass is 32.2. The fourth-order valence-electron chi connectivity index (χ4n) is 0.951. The molecule has 7 nitrogen and oxygen atoms in total. The minimum Gasteiger partial charge on any atom is -0.374 e. The average Bonchev–Trinajstić information content (AvgIpc) is 2.66. The van der Waals surface area contributed by atoms with Crippen LogP contribution >= 0.6 is 11.3 Å². The lowest BCUT2D eigenvalue weighted by atomic mass is 10.4. The third-order valence-electron chi connectivity index (χ3n) is 1.57. The van der Waals surface area contributed by atoms with Crippen molar-refractivity contribution in [3.63, 3.8) is 0 Å². The number of nitrogens with one attached hydrogen (secondary N) is 1. The number of nitrogens with two attached hydrogens (primary N) is 1. The molecule has 2 rings (SSSR count). The molecule has 0 unspecified atom stereocenters. The average molecular weight is 257 g/mol. The van der Waals surface area contributed by atoms with E-state index in [1.54, 1.807) is 18.3 Å². The van der Waals surface area contributed by atoms with Gasteiger partial charge in [0, 0.05) is 6.20 Å². The number of aromatic nitrogens is 3. The highest BCUT2D eigenvalue weighted by Gasteiger charge is 2.19.